The molecular formula is C14H19N. The van der Waals surface area contributed by atoms with Gasteiger partial charge in [-0.25, -0.2) is 0 Å². The smallest absolute Gasteiger partial charge is 0.0401 e. The molecule has 1 aliphatic heterocycles. The van der Waals surface area contributed by atoms with E-state index in [4.69, 9.17) is 0 Å². The third-order valence-electron chi connectivity index (χ3n) is 2.94. The fourth-order valence-electron chi connectivity index (χ4n) is 2.17. The highest BCUT2D eigenvalue weighted by atomic mass is 15.2. The minimum Gasteiger partial charge on any atom is -0.369 e. The van der Waals surface area contributed by atoms with Crippen LogP contribution in [0.5, 0.6) is 0 Å². The molecule has 0 fully saturated rings. The van der Waals surface area contributed by atoms with E-state index in [1.807, 2.05) is 0 Å². The summed E-state index contributed by atoms with van der Waals surface area (Å²) in [5, 5.41) is 0. The summed E-state index contributed by atoms with van der Waals surface area (Å²) in [6.07, 6.45) is 4.88. The number of hydrogen-bond donors (Lipinski definition) is 0. The van der Waals surface area contributed by atoms with Crippen LogP contribution in [0.15, 0.2) is 36.4 Å². The van der Waals surface area contributed by atoms with Crippen molar-refractivity contribution in [1.29, 1.82) is 0 Å². The molecule has 0 atom stereocenters. The van der Waals surface area contributed by atoms with Crippen molar-refractivity contribution in [3.05, 3.63) is 42.0 Å². The van der Waals surface area contributed by atoms with Gasteiger partial charge in [-0.1, -0.05) is 36.4 Å². The van der Waals surface area contributed by atoms with E-state index in [0.717, 1.165) is 0 Å². The van der Waals surface area contributed by atoms with E-state index in [2.05, 4.69) is 55.2 Å². The summed E-state index contributed by atoms with van der Waals surface area (Å²) >= 11 is 0. The first-order valence-electron chi connectivity index (χ1n) is 5.81. The quantitative estimate of drug-likeness (QED) is 0.707. The van der Waals surface area contributed by atoms with Crippen molar-refractivity contribution in [3.8, 4) is 0 Å². The van der Waals surface area contributed by atoms with Crippen LogP contribution in [0, 0.1) is 0 Å². The zero-order chi connectivity index (χ0) is 10.7. The van der Waals surface area contributed by atoms with Gasteiger partial charge < -0.3 is 4.90 Å². The average molecular weight is 201 g/mol. The Hall–Kier alpha value is -1.24. The number of rotatable bonds is 2. The van der Waals surface area contributed by atoms with Crippen LogP contribution < -0.4 is 0 Å². The van der Waals surface area contributed by atoms with Crippen LogP contribution in [0.1, 0.15) is 32.3 Å². The van der Waals surface area contributed by atoms with E-state index in [1.165, 1.54) is 30.6 Å². The molecule has 1 heterocycles. The number of allylic oxidation sites excluding steroid dienone is 1. The van der Waals surface area contributed by atoms with Gasteiger partial charge in [-0.2, -0.15) is 0 Å². The van der Waals surface area contributed by atoms with Crippen molar-refractivity contribution >= 4 is 5.70 Å². The molecule has 1 aliphatic rings. The number of nitrogens with zero attached hydrogens (tertiary/aromatic N) is 1. The van der Waals surface area contributed by atoms with Gasteiger partial charge in [-0.15, -0.1) is 0 Å². The van der Waals surface area contributed by atoms with E-state index in [1.54, 1.807) is 0 Å². The second kappa shape index (κ2) is 4.52. The Morgan fingerprint density at radius 3 is 2.53 bits per heavy atom. The topological polar surface area (TPSA) is 3.24 Å². The Balaban J connectivity index is 2.30. The van der Waals surface area contributed by atoms with E-state index in [0.29, 0.717) is 6.04 Å². The fourth-order valence-corrected chi connectivity index (χ4v) is 2.17. The molecule has 0 aliphatic carbocycles. The Labute approximate surface area is 92.4 Å². The summed E-state index contributed by atoms with van der Waals surface area (Å²) in [5.41, 5.74) is 2.77. The molecule has 15 heavy (non-hydrogen) atoms. The summed E-state index contributed by atoms with van der Waals surface area (Å²) in [6.45, 7) is 5.72. The molecule has 0 aromatic heterocycles. The molecule has 1 aromatic rings. The number of benzene rings is 1. The van der Waals surface area contributed by atoms with Crippen LogP contribution in [-0.4, -0.2) is 17.5 Å². The Bertz CT molecular complexity index is 338. The second-order valence-electron chi connectivity index (χ2n) is 4.38. The van der Waals surface area contributed by atoms with E-state index < -0.39 is 0 Å². The second-order valence-corrected chi connectivity index (χ2v) is 4.38. The maximum atomic E-state index is 2.50. The van der Waals surface area contributed by atoms with Crippen molar-refractivity contribution in [1.82, 2.24) is 4.90 Å². The minimum absolute atomic E-state index is 0.594. The molecule has 1 nitrogen and oxygen atoms in total. The zero-order valence-electron chi connectivity index (χ0n) is 9.61. The van der Waals surface area contributed by atoms with Crippen molar-refractivity contribution in [3.63, 3.8) is 0 Å². The van der Waals surface area contributed by atoms with Gasteiger partial charge in [0, 0.05) is 18.3 Å². The van der Waals surface area contributed by atoms with Gasteiger partial charge in [0.2, 0.25) is 0 Å². The van der Waals surface area contributed by atoms with E-state index in [9.17, 15) is 0 Å². The maximum Gasteiger partial charge on any atom is 0.0401 e. The predicted molar refractivity (Wildman–Crippen MR) is 65.5 cm³/mol. The van der Waals surface area contributed by atoms with Crippen LogP contribution in [0.4, 0.5) is 0 Å². The average Bonchev–Trinajstić information content (AvgIpc) is 2.30. The number of hydrogen-bond acceptors (Lipinski definition) is 1. The van der Waals surface area contributed by atoms with Gasteiger partial charge in [-0.05, 0) is 32.3 Å². The van der Waals surface area contributed by atoms with Crippen molar-refractivity contribution in [2.45, 2.75) is 32.7 Å². The molecular weight excluding hydrogens is 182 g/mol. The molecule has 0 radical (unpaired) electrons. The monoisotopic (exact) mass is 201 g/mol. The first-order chi connectivity index (χ1) is 7.29. The zero-order valence-corrected chi connectivity index (χ0v) is 9.61. The Morgan fingerprint density at radius 2 is 1.87 bits per heavy atom. The normalized spacial score (nSPS) is 16.7. The van der Waals surface area contributed by atoms with E-state index in [-0.39, 0.29) is 0 Å². The lowest BCUT2D eigenvalue weighted by Crippen LogP contribution is -2.32. The lowest BCUT2D eigenvalue weighted by molar-refractivity contribution is 0.315. The molecule has 0 spiro atoms. The van der Waals surface area contributed by atoms with Crippen LogP contribution in [0.2, 0.25) is 0 Å². The third-order valence-corrected chi connectivity index (χ3v) is 2.94. The van der Waals surface area contributed by atoms with Gasteiger partial charge >= 0.3 is 0 Å². The molecule has 0 amide bonds. The van der Waals surface area contributed by atoms with Crippen molar-refractivity contribution < 1.29 is 0 Å². The van der Waals surface area contributed by atoms with Crippen molar-refractivity contribution in [2.24, 2.45) is 0 Å². The standard InChI is InChI=1S/C14H19N/c1-12(2)15-11-7-6-10-14(15)13-8-4-3-5-9-13/h3-5,8-10,12H,6-7,11H2,1-2H3. The highest BCUT2D eigenvalue weighted by Gasteiger charge is 2.17. The molecule has 0 unspecified atom stereocenters. The highest BCUT2D eigenvalue weighted by molar-refractivity contribution is 5.64. The third kappa shape index (κ3) is 2.23. The van der Waals surface area contributed by atoms with Gasteiger partial charge in [-0.3, -0.25) is 0 Å². The van der Waals surface area contributed by atoms with Gasteiger partial charge in [0.15, 0.2) is 0 Å². The van der Waals surface area contributed by atoms with Gasteiger partial charge in [0.05, 0.1) is 0 Å². The molecule has 80 valence electrons. The van der Waals surface area contributed by atoms with Gasteiger partial charge in [0.25, 0.3) is 0 Å². The van der Waals surface area contributed by atoms with Crippen molar-refractivity contribution in [2.75, 3.05) is 6.54 Å². The maximum absolute atomic E-state index is 2.50. The minimum atomic E-state index is 0.594. The molecule has 1 heteroatoms. The molecule has 0 saturated heterocycles. The first-order valence-corrected chi connectivity index (χ1v) is 5.81. The summed E-state index contributed by atoms with van der Waals surface area (Å²) in [7, 11) is 0. The van der Waals surface area contributed by atoms with Gasteiger partial charge in [0.1, 0.15) is 0 Å². The lowest BCUT2D eigenvalue weighted by atomic mass is 10.0. The Morgan fingerprint density at radius 1 is 1.13 bits per heavy atom. The van der Waals surface area contributed by atoms with Crippen LogP contribution in [0.25, 0.3) is 5.70 Å². The largest absolute Gasteiger partial charge is 0.369 e. The first kappa shape index (κ1) is 10.3. The predicted octanol–water partition coefficient (Wildman–Crippen LogP) is 3.53. The fraction of sp³-hybridized carbons (Fsp3) is 0.429. The molecule has 2 rings (SSSR count). The molecule has 0 N–H and O–H groups in total. The van der Waals surface area contributed by atoms with Crippen LogP contribution in [-0.2, 0) is 0 Å². The summed E-state index contributed by atoms with van der Waals surface area (Å²) in [5.74, 6) is 0. The molecule has 0 saturated carbocycles. The highest BCUT2D eigenvalue weighted by Crippen LogP contribution is 2.26. The molecule has 0 bridgehead atoms. The Kier molecular flexibility index (Phi) is 3.10. The summed E-state index contributed by atoms with van der Waals surface area (Å²) in [4.78, 5) is 2.50. The molecule has 1 aromatic carbocycles. The van der Waals surface area contributed by atoms with E-state index >= 15 is 0 Å². The lowest BCUT2D eigenvalue weighted by Gasteiger charge is -2.34. The summed E-state index contributed by atoms with van der Waals surface area (Å²) in [6, 6.07) is 11.3. The van der Waals surface area contributed by atoms with Crippen LogP contribution in [0.3, 0.4) is 0 Å². The van der Waals surface area contributed by atoms with Crippen LogP contribution >= 0.6 is 0 Å². The SMILES string of the molecule is CC(C)N1CCCC=C1c1ccccc1. The summed E-state index contributed by atoms with van der Waals surface area (Å²) < 4.78 is 0.